The zero-order chi connectivity index (χ0) is 17.1. The van der Waals surface area contributed by atoms with Gasteiger partial charge < -0.3 is 14.4 Å². The summed E-state index contributed by atoms with van der Waals surface area (Å²) in [6.07, 6.45) is 4.05. The van der Waals surface area contributed by atoms with Crippen LogP contribution in [0.5, 0.6) is 0 Å². The first-order valence-corrected chi connectivity index (χ1v) is 9.48. The largest absolute Gasteiger partial charge is 0.380 e. The highest BCUT2D eigenvalue weighted by molar-refractivity contribution is 7.10. The molecule has 25 heavy (non-hydrogen) atoms. The van der Waals surface area contributed by atoms with Gasteiger partial charge in [0.25, 0.3) is 0 Å². The summed E-state index contributed by atoms with van der Waals surface area (Å²) < 4.78 is 11.7. The Morgan fingerprint density at radius 3 is 3.08 bits per heavy atom. The van der Waals surface area contributed by atoms with Crippen LogP contribution in [-0.2, 0) is 27.3 Å². The Morgan fingerprint density at radius 1 is 1.40 bits per heavy atom. The number of hydrogen-bond acceptors (Lipinski definition) is 5. The Labute approximate surface area is 151 Å². The quantitative estimate of drug-likeness (QED) is 0.796. The van der Waals surface area contributed by atoms with Gasteiger partial charge in [0.1, 0.15) is 0 Å². The van der Waals surface area contributed by atoms with Crippen LogP contribution in [0.4, 0.5) is 0 Å². The molecule has 2 fully saturated rings. The minimum Gasteiger partial charge on any atom is -0.380 e. The molecule has 2 aromatic rings. The van der Waals surface area contributed by atoms with E-state index >= 15 is 0 Å². The molecule has 0 saturated carbocycles. The zero-order valence-corrected chi connectivity index (χ0v) is 14.9. The van der Waals surface area contributed by atoms with Gasteiger partial charge in [-0.05, 0) is 29.1 Å². The molecule has 4 heterocycles. The molecule has 0 bridgehead atoms. The predicted molar refractivity (Wildman–Crippen MR) is 95.2 cm³/mol. The number of likely N-dealkylation sites (tertiary alicyclic amines) is 1. The molecule has 2 aliphatic rings. The SMILES string of the molecule is O=C(Cc1cccs1)N1C[C@@H]2COC[C@]2(COCc2ccncc2)C1. The molecule has 5 nitrogen and oxygen atoms in total. The summed E-state index contributed by atoms with van der Waals surface area (Å²) >= 11 is 1.64. The number of fused-ring (bicyclic) bond motifs is 1. The minimum atomic E-state index is -0.0574. The summed E-state index contributed by atoms with van der Waals surface area (Å²) in [4.78, 5) is 19.8. The fourth-order valence-corrected chi connectivity index (χ4v) is 4.45. The van der Waals surface area contributed by atoms with Crippen LogP contribution >= 0.6 is 11.3 Å². The van der Waals surface area contributed by atoms with Crippen LogP contribution < -0.4 is 0 Å². The number of thiophene rings is 1. The summed E-state index contributed by atoms with van der Waals surface area (Å²) in [7, 11) is 0. The number of carbonyl (C=O) groups excluding carboxylic acids is 1. The van der Waals surface area contributed by atoms with Crippen molar-refractivity contribution in [1.29, 1.82) is 0 Å². The maximum Gasteiger partial charge on any atom is 0.227 e. The summed E-state index contributed by atoms with van der Waals surface area (Å²) in [6, 6.07) is 7.95. The Morgan fingerprint density at radius 2 is 2.28 bits per heavy atom. The average Bonchev–Trinajstić information content (AvgIpc) is 3.31. The standard InChI is InChI=1S/C19H22N2O3S/c22-18(8-17-2-1-7-25-17)21-9-16-11-24-14-19(16,12-21)13-23-10-15-3-5-20-6-4-15/h1-7,16H,8-14H2/t16-,19-/m1/s1. The molecule has 2 saturated heterocycles. The minimum absolute atomic E-state index is 0.0574. The second kappa shape index (κ2) is 7.23. The highest BCUT2D eigenvalue weighted by Crippen LogP contribution is 2.42. The van der Waals surface area contributed by atoms with E-state index in [1.165, 1.54) is 0 Å². The molecule has 0 unspecified atom stereocenters. The first kappa shape index (κ1) is 16.7. The Balaban J connectivity index is 1.36. The lowest BCUT2D eigenvalue weighted by Crippen LogP contribution is -2.37. The average molecular weight is 358 g/mol. The van der Waals surface area contributed by atoms with Gasteiger partial charge in [-0.25, -0.2) is 0 Å². The summed E-state index contributed by atoms with van der Waals surface area (Å²) in [6.45, 7) is 4.11. The highest BCUT2D eigenvalue weighted by Gasteiger charge is 2.51. The smallest absolute Gasteiger partial charge is 0.227 e. The van der Waals surface area contributed by atoms with Gasteiger partial charge in [-0.3, -0.25) is 9.78 Å². The van der Waals surface area contributed by atoms with Crippen molar-refractivity contribution in [3.05, 3.63) is 52.5 Å². The molecule has 132 valence electrons. The van der Waals surface area contributed by atoms with Gasteiger partial charge in [-0.15, -0.1) is 11.3 Å². The number of nitrogens with zero attached hydrogens (tertiary/aromatic N) is 2. The van der Waals surface area contributed by atoms with Gasteiger partial charge in [0.05, 0.1) is 32.8 Å². The molecule has 0 radical (unpaired) electrons. The molecule has 2 atom stereocenters. The van der Waals surface area contributed by atoms with Crippen molar-refractivity contribution in [1.82, 2.24) is 9.88 Å². The van der Waals surface area contributed by atoms with Gasteiger partial charge in [0.15, 0.2) is 0 Å². The number of carbonyl (C=O) groups is 1. The summed E-state index contributed by atoms with van der Waals surface area (Å²) in [5.74, 6) is 0.586. The third kappa shape index (κ3) is 3.61. The molecule has 0 N–H and O–H groups in total. The molecule has 1 amide bonds. The number of aromatic nitrogens is 1. The Bertz CT molecular complexity index is 707. The van der Waals surface area contributed by atoms with E-state index < -0.39 is 0 Å². The van der Waals surface area contributed by atoms with Crippen LogP contribution in [0.2, 0.25) is 0 Å². The third-order valence-electron chi connectivity index (χ3n) is 5.19. The van der Waals surface area contributed by atoms with Crippen LogP contribution in [0.25, 0.3) is 0 Å². The van der Waals surface area contributed by atoms with E-state index in [1.54, 1.807) is 23.7 Å². The molecule has 4 rings (SSSR count). The van der Waals surface area contributed by atoms with E-state index in [9.17, 15) is 4.79 Å². The molecule has 6 heteroatoms. The van der Waals surface area contributed by atoms with E-state index in [2.05, 4.69) is 4.98 Å². The van der Waals surface area contributed by atoms with Crippen LogP contribution in [0.1, 0.15) is 10.4 Å². The monoisotopic (exact) mass is 358 g/mol. The van der Waals surface area contributed by atoms with Gasteiger partial charge in [0.2, 0.25) is 5.91 Å². The number of pyridine rings is 1. The number of amides is 1. The molecular weight excluding hydrogens is 336 g/mol. The molecule has 2 aliphatic heterocycles. The van der Waals surface area contributed by atoms with Crippen LogP contribution in [0.3, 0.4) is 0 Å². The second-order valence-electron chi connectivity index (χ2n) is 6.95. The predicted octanol–water partition coefficient (Wildman–Crippen LogP) is 2.38. The lowest BCUT2D eigenvalue weighted by atomic mass is 9.82. The van der Waals surface area contributed by atoms with E-state index in [1.807, 2.05) is 34.5 Å². The molecular formula is C19H22N2O3S. The summed E-state index contributed by atoms with van der Waals surface area (Å²) in [5, 5.41) is 2.02. The van der Waals surface area contributed by atoms with Crippen molar-refractivity contribution in [3.63, 3.8) is 0 Å². The number of rotatable bonds is 6. The van der Waals surface area contributed by atoms with Crippen molar-refractivity contribution in [2.24, 2.45) is 11.3 Å². The fourth-order valence-electron chi connectivity index (χ4n) is 3.75. The van der Waals surface area contributed by atoms with E-state index in [0.29, 0.717) is 32.2 Å². The third-order valence-corrected chi connectivity index (χ3v) is 6.06. The van der Waals surface area contributed by atoms with Crippen LogP contribution in [0.15, 0.2) is 42.0 Å². The van der Waals surface area contributed by atoms with Gasteiger partial charge in [-0.2, -0.15) is 0 Å². The van der Waals surface area contributed by atoms with E-state index in [4.69, 9.17) is 9.47 Å². The van der Waals surface area contributed by atoms with Crippen LogP contribution in [-0.4, -0.2) is 48.7 Å². The van der Waals surface area contributed by atoms with E-state index in [-0.39, 0.29) is 11.3 Å². The Kier molecular flexibility index (Phi) is 4.83. The molecule has 0 spiro atoms. The first-order chi connectivity index (χ1) is 12.3. The topological polar surface area (TPSA) is 51.7 Å². The fraction of sp³-hybridized carbons (Fsp3) is 0.474. The van der Waals surface area contributed by atoms with Crippen LogP contribution in [0, 0.1) is 11.3 Å². The van der Waals surface area contributed by atoms with Crippen molar-refractivity contribution < 1.29 is 14.3 Å². The lowest BCUT2D eigenvalue weighted by molar-refractivity contribution is -0.130. The maximum absolute atomic E-state index is 12.6. The second-order valence-corrected chi connectivity index (χ2v) is 7.99. The Hall–Kier alpha value is -1.76. The number of hydrogen-bond donors (Lipinski definition) is 0. The highest BCUT2D eigenvalue weighted by atomic mass is 32.1. The maximum atomic E-state index is 12.6. The first-order valence-electron chi connectivity index (χ1n) is 8.60. The van der Waals surface area contributed by atoms with Crippen molar-refractivity contribution >= 4 is 17.2 Å². The van der Waals surface area contributed by atoms with E-state index in [0.717, 1.165) is 30.1 Å². The molecule has 0 aliphatic carbocycles. The van der Waals surface area contributed by atoms with Gasteiger partial charge >= 0.3 is 0 Å². The normalized spacial score (nSPS) is 25.3. The molecule has 0 aromatic carbocycles. The van der Waals surface area contributed by atoms with Gasteiger partial charge in [0, 0.05) is 41.7 Å². The molecule has 2 aromatic heterocycles. The van der Waals surface area contributed by atoms with Crippen molar-refractivity contribution in [2.45, 2.75) is 13.0 Å². The van der Waals surface area contributed by atoms with Crippen molar-refractivity contribution in [2.75, 3.05) is 32.9 Å². The van der Waals surface area contributed by atoms with Gasteiger partial charge in [-0.1, -0.05) is 6.07 Å². The van der Waals surface area contributed by atoms with Crippen molar-refractivity contribution in [3.8, 4) is 0 Å². The zero-order valence-electron chi connectivity index (χ0n) is 14.1. The lowest BCUT2D eigenvalue weighted by Gasteiger charge is -2.27. The summed E-state index contributed by atoms with van der Waals surface area (Å²) in [5.41, 5.74) is 1.06. The number of ether oxygens (including phenoxy) is 2.